The molecule has 1 amide bonds. The van der Waals surface area contributed by atoms with Gasteiger partial charge in [0.15, 0.2) is 0 Å². The van der Waals surface area contributed by atoms with Gasteiger partial charge in [-0.25, -0.2) is 13.1 Å². The van der Waals surface area contributed by atoms with Gasteiger partial charge >= 0.3 is 0 Å². The normalized spacial score (nSPS) is 22.1. The third-order valence-corrected chi connectivity index (χ3v) is 4.70. The molecule has 6 nitrogen and oxygen atoms in total. The minimum atomic E-state index is -3.17. The van der Waals surface area contributed by atoms with E-state index in [2.05, 4.69) is 4.72 Å². The molecular weight excluding hydrogens is 290 g/mol. The quantitative estimate of drug-likeness (QED) is 0.773. The van der Waals surface area contributed by atoms with E-state index in [-0.39, 0.29) is 23.3 Å². The number of amides is 1. The minimum absolute atomic E-state index is 0.0708. The Bertz CT molecular complexity index is 457. The molecule has 0 aliphatic carbocycles. The van der Waals surface area contributed by atoms with Crippen molar-refractivity contribution in [2.24, 2.45) is 17.1 Å². The number of carbonyl (C=O) groups excluding carboxylic acids is 1. The number of nitrogens with two attached hydrogens (primary N) is 1. The van der Waals surface area contributed by atoms with Crippen LogP contribution >= 0.6 is 0 Å². The second kappa shape index (κ2) is 7.07. The van der Waals surface area contributed by atoms with Crippen LogP contribution in [0.2, 0.25) is 0 Å². The lowest BCUT2D eigenvalue weighted by atomic mass is 9.85. The molecule has 1 saturated heterocycles. The Morgan fingerprint density at radius 3 is 2.57 bits per heavy atom. The van der Waals surface area contributed by atoms with E-state index in [1.54, 1.807) is 0 Å². The molecule has 0 aromatic rings. The van der Waals surface area contributed by atoms with Crippen molar-refractivity contribution in [2.75, 3.05) is 25.9 Å². The van der Waals surface area contributed by atoms with Crippen LogP contribution in [0.4, 0.5) is 0 Å². The molecule has 124 valence electrons. The Labute approximate surface area is 128 Å². The van der Waals surface area contributed by atoms with Crippen molar-refractivity contribution in [3.63, 3.8) is 0 Å². The summed E-state index contributed by atoms with van der Waals surface area (Å²) in [6.07, 6.45) is 3.35. The highest BCUT2D eigenvalue weighted by atomic mass is 32.2. The zero-order valence-electron chi connectivity index (χ0n) is 13.6. The van der Waals surface area contributed by atoms with Gasteiger partial charge in [0.05, 0.1) is 6.26 Å². The average Bonchev–Trinajstić information content (AvgIpc) is 2.34. The van der Waals surface area contributed by atoms with Crippen LogP contribution in [0, 0.1) is 11.3 Å². The zero-order valence-corrected chi connectivity index (χ0v) is 14.4. The molecule has 7 heteroatoms. The van der Waals surface area contributed by atoms with Crippen molar-refractivity contribution >= 4 is 15.9 Å². The van der Waals surface area contributed by atoms with E-state index < -0.39 is 10.0 Å². The Morgan fingerprint density at radius 1 is 1.43 bits per heavy atom. The van der Waals surface area contributed by atoms with E-state index in [1.807, 2.05) is 25.7 Å². The number of hydrogen-bond acceptors (Lipinski definition) is 4. The summed E-state index contributed by atoms with van der Waals surface area (Å²) in [5.74, 6) is 0.254. The van der Waals surface area contributed by atoms with Crippen LogP contribution in [-0.2, 0) is 14.8 Å². The summed E-state index contributed by atoms with van der Waals surface area (Å²) in [7, 11) is -3.17. The second-order valence-electron chi connectivity index (χ2n) is 7.15. The summed E-state index contributed by atoms with van der Waals surface area (Å²) in [5, 5.41) is 0. The van der Waals surface area contributed by atoms with E-state index in [9.17, 15) is 13.2 Å². The summed E-state index contributed by atoms with van der Waals surface area (Å²) in [4.78, 5) is 14.1. The Balaban J connectivity index is 2.50. The topological polar surface area (TPSA) is 92.5 Å². The molecule has 2 unspecified atom stereocenters. The van der Waals surface area contributed by atoms with E-state index in [1.165, 1.54) is 0 Å². The fourth-order valence-electron chi connectivity index (χ4n) is 2.35. The molecule has 1 rings (SSSR count). The van der Waals surface area contributed by atoms with Crippen molar-refractivity contribution in [1.82, 2.24) is 9.62 Å². The molecule has 1 heterocycles. The van der Waals surface area contributed by atoms with Gasteiger partial charge in [0.1, 0.15) is 0 Å². The molecule has 0 aromatic carbocycles. The van der Waals surface area contributed by atoms with Crippen molar-refractivity contribution in [2.45, 2.75) is 46.1 Å². The number of sulfonamides is 1. The highest BCUT2D eigenvalue weighted by Crippen LogP contribution is 2.22. The number of hydrogen-bond donors (Lipinski definition) is 2. The first kappa shape index (κ1) is 18.4. The van der Waals surface area contributed by atoms with Crippen molar-refractivity contribution in [3.8, 4) is 0 Å². The Hall–Kier alpha value is -0.660. The fourth-order valence-corrected chi connectivity index (χ4v) is 2.89. The van der Waals surface area contributed by atoms with E-state index in [4.69, 9.17) is 5.73 Å². The van der Waals surface area contributed by atoms with Crippen LogP contribution in [0.25, 0.3) is 0 Å². The summed E-state index contributed by atoms with van der Waals surface area (Å²) in [6, 6.07) is -0.167. The molecule has 21 heavy (non-hydrogen) atoms. The maximum atomic E-state index is 12.3. The van der Waals surface area contributed by atoms with Gasteiger partial charge in [-0.1, -0.05) is 20.8 Å². The monoisotopic (exact) mass is 319 g/mol. The van der Waals surface area contributed by atoms with Crippen LogP contribution in [0.1, 0.15) is 40.0 Å². The van der Waals surface area contributed by atoms with Gasteiger partial charge in [0, 0.05) is 32.1 Å². The molecule has 0 spiro atoms. The number of nitrogens with zero attached hydrogens (tertiary/aromatic N) is 1. The minimum Gasteiger partial charge on any atom is -0.342 e. The molecule has 1 fully saturated rings. The van der Waals surface area contributed by atoms with Gasteiger partial charge in [-0.3, -0.25) is 4.79 Å². The van der Waals surface area contributed by atoms with Crippen molar-refractivity contribution < 1.29 is 13.2 Å². The first-order chi connectivity index (χ1) is 9.49. The third-order valence-electron chi connectivity index (χ3n) is 4.01. The predicted octanol–water partition coefficient (Wildman–Crippen LogP) is 0.538. The van der Waals surface area contributed by atoms with Crippen molar-refractivity contribution in [1.29, 1.82) is 0 Å². The Kier molecular flexibility index (Phi) is 6.19. The molecule has 0 radical (unpaired) electrons. The number of carbonyl (C=O) groups is 1. The molecule has 1 aliphatic heterocycles. The molecule has 2 atom stereocenters. The van der Waals surface area contributed by atoms with Crippen LogP contribution in [0.3, 0.4) is 0 Å². The molecule has 3 N–H and O–H groups in total. The zero-order chi connectivity index (χ0) is 16.3. The first-order valence-electron chi connectivity index (χ1n) is 7.47. The number of rotatable bonds is 5. The lowest BCUT2D eigenvalue weighted by Crippen LogP contribution is -2.46. The van der Waals surface area contributed by atoms with Gasteiger partial charge in [0.2, 0.25) is 15.9 Å². The molecular formula is C14H29N3O3S. The SMILES string of the molecule is CC(C)(C)C(N)CC(=O)N1CCCC(CNS(C)(=O)=O)C1. The summed E-state index contributed by atoms with van der Waals surface area (Å²) in [5.41, 5.74) is 5.98. The Morgan fingerprint density at radius 2 is 2.05 bits per heavy atom. The van der Waals surface area contributed by atoms with Gasteiger partial charge in [-0.2, -0.15) is 0 Å². The number of nitrogens with one attached hydrogen (secondary N) is 1. The van der Waals surface area contributed by atoms with Gasteiger partial charge in [0.25, 0.3) is 0 Å². The lowest BCUT2D eigenvalue weighted by Gasteiger charge is -2.35. The maximum absolute atomic E-state index is 12.3. The van der Waals surface area contributed by atoms with Crippen LogP contribution in [0.5, 0.6) is 0 Å². The van der Waals surface area contributed by atoms with Crippen LogP contribution in [-0.4, -0.2) is 51.2 Å². The standard InChI is InChI=1S/C14H29N3O3S/c1-14(2,3)12(15)8-13(18)17-7-5-6-11(10-17)9-16-21(4,19)20/h11-12,16H,5-10,15H2,1-4H3. The number of likely N-dealkylation sites (tertiary alicyclic amines) is 1. The number of piperidine rings is 1. The fraction of sp³-hybridized carbons (Fsp3) is 0.929. The lowest BCUT2D eigenvalue weighted by molar-refractivity contribution is -0.133. The molecule has 0 aromatic heterocycles. The highest BCUT2D eigenvalue weighted by molar-refractivity contribution is 7.88. The molecule has 1 aliphatic rings. The van der Waals surface area contributed by atoms with Crippen molar-refractivity contribution in [3.05, 3.63) is 0 Å². The van der Waals surface area contributed by atoms with E-state index in [0.29, 0.717) is 19.5 Å². The molecule has 0 saturated carbocycles. The second-order valence-corrected chi connectivity index (χ2v) is 8.98. The third kappa shape index (κ3) is 6.76. The average molecular weight is 319 g/mol. The van der Waals surface area contributed by atoms with Crippen LogP contribution < -0.4 is 10.5 Å². The van der Waals surface area contributed by atoms with Gasteiger partial charge in [-0.05, 0) is 24.2 Å². The highest BCUT2D eigenvalue weighted by Gasteiger charge is 2.28. The summed E-state index contributed by atoms with van der Waals surface area (Å²) in [6.45, 7) is 7.83. The summed E-state index contributed by atoms with van der Waals surface area (Å²) >= 11 is 0. The molecule has 0 bridgehead atoms. The van der Waals surface area contributed by atoms with Crippen LogP contribution in [0.15, 0.2) is 0 Å². The maximum Gasteiger partial charge on any atom is 0.224 e. The first-order valence-corrected chi connectivity index (χ1v) is 9.36. The van der Waals surface area contributed by atoms with Gasteiger partial charge in [-0.15, -0.1) is 0 Å². The van der Waals surface area contributed by atoms with Gasteiger partial charge < -0.3 is 10.6 Å². The van der Waals surface area contributed by atoms with E-state index >= 15 is 0 Å². The largest absolute Gasteiger partial charge is 0.342 e. The smallest absolute Gasteiger partial charge is 0.224 e. The predicted molar refractivity (Wildman–Crippen MR) is 84.2 cm³/mol. The van der Waals surface area contributed by atoms with E-state index in [0.717, 1.165) is 25.6 Å². The summed E-state index contributed by atoms with van der Waals surface area (Å²) < 4.78 is 24.8.